The Morgan fingerprint density at radius 2 is 1.84 bits per heavy atom. The lowest BCUT2D eigenvalue weighted by molar-refractivity contribution is -0.127. The number of nitrogens with zero attached hydrogens (tertiary/aromatic N) is 2. The topological polar surface area (TPSA) is 65.0 Å². The van der Waals surface area contributed by atoms with E-state index in [1.54, 1.807) is 0 Å². The summed E-state index contributed by atoms with van der Waals surface area (Å²) in [4.78, 5) is 15.9. The van der Waals surface area contributed by atoms with Crippen molar-refractivity contribution in [3.63, 3.8) is 0 Å². The minimum atomic E-state index is -0.510. The van der Waals surface area contributed by atoms with Crippen molar-refractivity contribution in [3.05, 3.63) is 65.2 Å². The van der Waals surface area contributed by atoms with Gasteiger partial charge in [0.25, 0.3) is 0 Å². The largest absolute Gasteiger partial charge is 0.491 e. The number of fused-ring (bicyclic) bond motifs is 1. The summed E-state index contributed by atoms with van der Waals surface area (Å²) >= 11 is 0. The van der Waals surface area contributed by atoms with Gasteiger partial charge in [0.15, 0.2) is 0 Å². The Bertz CT molecular complexity index is 871. The van der Waals surface area contributed by atoms with Crippen LogP contribution in [0.1, 0.15) is 36.0 Å². The first kappa shape index (κ1) is 22.8. The normalized spacial score (nSPS) is 17.4. The minimum Gasteiger partial charge on any atom is -0.491 e. The maximum absolute atomic E-state index is 11.6. The van der Waals surface area contributed by atoms with E-state index < -0.39 is 6.10 Å². The number of rotatable bonds is 11. The Hall–Kier alpha value is -2.41. The maximum Gasteiger partial charge on any atom is 0.222 e. The van der Waals surface area contributed by atoms with Gasteiger partial charge in [0.05, 0.1) is 0 Å². The summed E-state index contributed by atoms with van der Waals surface area (Å²) in [5.41, 5.74) is 3.98. The molecular formula is C26H35N3O3. The minimum absolute atomic E-state index is 0.297. The maximum atomic E-state index is 11.6. The molecule has 2 heterocycles. The quantitative estimate of drug-likeness (QED) is 0.529. The van der Waals surface area contributed by atoms with E-state index in [1.165, 1.54) is 16.7 Å². The molecule has 1 unspecified atom stereocenters. The lowest BCUT2D eigenvalue weighted by Gasteiger charge is -2.30. The third-order valence-electron chi connectivity index (χ3n) is 6.33. The fourth-order valence-electron chi connectivity index (χ4n) is 4.52. The number of carbonyl (C=O) groups excluding carboxylic acids is 1. The molecule has 2 N–H and O–H groups in total. The first-order chi connectivity index (χ1) is 15.7. The van der Waals surface area contributed by atoms with Gasteiger partial charge < -0.3 is 20.1 Å². The van der Waals surface area contributed by atoms with Crippen LogP contribution < -0.4 is 10.1 Å². The Morgan fingerprint density at radius 3 is 2.62 bits per heavy atom. The second-order valence-corrected chi connectivity index (χ2v) is 8.88. The molecule has 4 rings (SSSR count). The highest BCUT2D eigenvalue weighted by Gasteiger charge is 2.19. The number of benzene rings is 2. The van der Waals surface area contributed by atoms with Crippen molar-refractivity contribution in [2.45, 2.75) is 44.9 Å². The lowest BCUT2D eigenvalue weighted by Crippen LogP contribution is -2.38. The summed E-state index contributed by atoms with van der Waals surface area (Å²) in [5, 5.41) is 13.9. The van der Waals surface area contributed by atoms with Crippen molar-refractivity contribution in [3.8, 4) is 5.75 Å². The standard InChI is InChI=1S/C26H35N3O3/c30-24(19-28-16-12-22-5-1-2-6-23(22)18-28)20-32-25-10-8-21(9-11-25)17-27-13-4-15-29-14-3-7-26(29)31/h1-2,5-6,8-11,24,27,30H,3-4,7,12-20H2. The number of aliphatic hydroxyl groups excluding tert-OH is 1. The highest BCUT2D eigenvalue weighted by atomic mass is 16.5. The molecule has 0 saturated carbocycles. The molecule has 1 fully saturated rings. The predicted octanol–water partition coefficient (Wildman–Crippen LogP) is 2.59. The highest BCUT2D eigenvalue weighted by molar-refractivity contribution is 5.77. The van der Waals surface area contributed by atoms with Crippen LogP contribution in [0.5, 0.6) is 5.75 Å². The smallest absolute Gasteiger partial charge is 0.222 e. The van der Waals surface area contributed by atoms with Gasteiger partial charge in [-0.1, -0.05) is 36.4 Å². The molecular weight excluding hydrogens is 402 g/mol. The van der Waals surface area contributed by atoms with Crippen molar-refractivity contribution >= 4 is 5.91 Å². The summed E-state index contributed by atoms with van der Waals surface area (Å²) in [6.45, 7) is 6.26. The van der Waals surface area contributed by atoms with Crippen molar-refractivity contribution < 1.29 is 14.6 Å². The van der Waals surface area contributed by atoms with Crippen LogP contribution in [0.4, 0.5) is 0 Å². The number of β-amino-alcohol motifs (C(OH)–C–C–N with tert-alkyl or cyclic N) is 1. The summed E-state index contributed by atoms with van der Waals surface area (Å²) in [6, 6.07) is 16.6. The van der Waals surface area contributed by atoms with Gasteiger partial charge in [-0.2, -0.15) is 0 Å². The molecule has 0 radical (unpaired) electrons. The van der Waals surface area contributed by atoms with Crippen molar-refractivity contribution in [1.82, 2.24) is 15.1 Å². The summed E-state index contributed by atoms with van der Waals surface area (Å²) < 4.78 is 5.81. The molecule has 6 nitrogen and oxygen atoms in total. The predicted molar refractivity (Wildman–Crippen MR) is 126 cm³/mol. The molecule has 6 heteroatoms. The molecule has 2 aromatic rings. The zero-order valence-electron chi connectivity index (χ0n) is 18.8. The number of aliphatic hydroxyl groups is 1. The molecule has 1 amide bonds. The van der Waals surface area contributed by atoms with E-state index in [9.17, 15) is 9.90 Å². The molecule has 2 aromatic carbocycles. The fourth-order valence-corrected chi connectivity index (χ4v) is 4.52. The average Bonchev–Trinajstić information content (AvgIpc) is 3.23. The van der Waals surface area contributed by atoms with Gasteiger partial charge in [0.1, 0.15) is 18.5 Å². The highest BCUT2D eigenvalue weighted by Crippen LogP contribution is 2.19. The molecule has 1 saturated heterocycles. The monoisotopic (exact) mass is 437 g/mol. The second-order valence-electron chi connectivity index (χ2n) is 8.88. The van der Waals surface area contributed by atoms with Crippen LogP contribution >= 0.6 is 0 Å². The van der Waals surface area contributed by atoms with Gasteiger partial charge in [-0.25, -0.2) is 0 Å². The Labute approximate surface area is 191 Å². The third-order valence-corrected chi connectivity index (χ3v) is 6.33. The third kappa shape index (κ3) is 6.55. The van der Waals surface area contributed by atoms with E-state index in [1.807, 2.05) is 17.0 Å². The van der Waals surface area contributed by atoms with E-state index in [0.29, 0.717) is 25.5 Å². The molecule has 172 valence electrons. The van der Waals surface area contributed by atoms with Gasteiger partial charge in [-0.3, -0.25) is 9.69 Å². The van der Waals surface area contributed by atoms with Crippen LogP contribution in [0.15, 0.2) is 48.5 Å². The van der Waals surface area contributed by atoms with Gasteiger partial charge in [0.2, 0.25) is 5.91 Å². The van der Waals surface area contributed by atoms with Crippen LogP contribution in [0, 0.1) is 0 Å². The molecule has 1 atom stereocenters. The van der Waals surface area contributed by atoms with Crippen LogP contribution in [0.3, 0.4) is 0 Å². The lowest BCUT2D eigenvalue weighted by atomic mass is 10.00. The summed E-state index contributed by atoms with van der Waals surface area (Å²) in [5.74, 6) is 1.08. The van der Waals surface area contributed by atoms with Gasteiger partial charge in [0, 0.05) is 45.7 Å². The van der Waals surface area contributed by atoms with Gasteiger partial charge in [-0.05, 0) is 54.6 Å². The Morgan fingerprint density at radius 1 is 1.03 bits per heavy atom. The average molecular weight is 438 g/mol. The van der Waals surface area contributed by atoms with Crippen molar-refractivity contribution in [1.29, 1.82) is 0 Å². The SMILES string of the molecule is O=C1CCCN1CCCNCc1ccc(OCC(O)CN2CCc3ccccc3C2)cc1. The van der Waals surface area contributed by atoms with E-state index in [0.717, 1.165) is 64.3 Å². The van der Waals surface area contributed by atoms with Crippen LogP contribution in [0.25, 0.3) is 0 Å². The number of likely N-dealkylation sites (tertiary alicyclic amines) is 1. The number of hydrogen-bond acceptors (Lipinski definition) is 5. The molecule has 0 bridgehead atoms. The summed E-state index contributed by atoms with van der Waals surface area (Å²) in [7, 11) is 0. The number of nitrogens with one attached hydrogen (secondary N) is 1. The van der Waals surface area contributed by atoms with E-state index in [4.69, 9.17) is 4.74 Å². The first-order valence-corrected chi connectivity index (χ1v) is 11.8. The van der Waals surface area contributed by atoms with Crippen molar-refractivity contribution in [2.24, 2.45) is 0 Å². The number of amides is 1. The first-order valence-electron chi connectivity index (χ1n) is 11.8. The van der Waals surface area contributed by atoms with Crippen molar-refractivity contribution in [2.75, 3.05) is 39.3 Å². The van der Waals surface area contributed by atoms with Gasteiger partial charge in [-0.15, -0.1) is 0 Å². The fraction of sp³-hybridized carbons (Fsp3) is 0.500. The molecule has 2 aliphatic heterocycles. The van der Waals surface area contributed by atoms with Crippen LogP contribution in [0.2, 0.25) is 0 Å². The molecule has 0 aromatic heterocycles. The van der Waals surface area contributed by atoms with E-state index >= 15 is 0 Å². The van der Waals surface area contributed by atoms with E-state index in [-0.39, 0.29) is 0 Å². The molecule has 0 spiro atoms. The Balaban J connectivity index is 1.11. The van der Waals surface area contributed by atoms with Crippen LogP contribution in [-0.4, -0.2) is 66.2 Å². The van der Waals surface area contributed by atoms with Crippen LogP contribution in [-0.2, 0) is 24.3 Å². The Kier molecular flexibility index (Phi) is 8.15. The number of hydrogen-bond donors (Lipinski definition) is 2. The van der Waals surface area contributed by atoms with Gasteiger partial charge >= 0.3 is 0 Å². The molecule has 32 heavy (non-hydrogen) atoms. The molecule has 0 aliphatic carbocycles. The zero-order chi connectivity index (χ0) is 22.2. The number of ether oxygens (including phenoxy) is 1. The van der Waals surface area contributed by atoms with E-state index in [2.05, 4.69) is 46.6 Å². The molecule has 2 aliphatic rings. The summed E-state index contributed by atoms with van der Waals surface area (Å²) in [6.07, 6.45) is 3.23. The zero-order valence-corrected chi connectivity index (χ0v) is 18.8. The second kappa shape index (κ2) is 11.5. The number of carbonyl (C=O) groups is 1.